The van der Waals surface area contributed by atoms with Crippen molar-refractivity contribution in [2.45, 2.75) is 26.8 Å². The predicted octanol–water partition coefficient (Wildman–Crippen LogP) is 3.86. The Morgan fingerprint density at radius 2 is 1.95 bits per heavy atom. The number of hydrogen-bond acceptors (Lipinski definition) is 2. The van der Waals surface area contributed by atoms with Gasteiger partial charge >= 0.3 is 5.97 Å². The van der Waals surface area contributed by atoms with E-state index in [0.717, 1.165) is 16.8 Å². The highest BCUT2D eigenvalue weighted by Crippen LogP contribution is 2.25. The van der Waals surface area contributed by atoms with Crippen LogP contribution in [0.3, 0.4) is 0 Å². The van der Waals surface area contributed by atoms with Crippen molar-refractivity contribution in [3.05, 3.63) is 57.9 Å². The fourth-order valence-electron chi connectivity index (χ4n) is 2.28. The summed E-state index contributed by atoms with van der Waals surface area (Å²) in [5.74, 6) is -0.905. The maximum absolute atomic E-state index is 11.0. The maximum atomic E-state index is 11.0. The zero-order valence-electron chi connectivity index (χ0n) is 11.9. The largest absolute Gasteiger partial charge is 0.481 e. The highest BCUT2D eigenvalue weighted by atomic mass is 35.5. The second kappa shape index (κ2) is 6.41. The van der Waals surface area contributed by atoms with E-state index < -0.39 is 5.97 Å². The van der Waals surface area contributed by atoms with E-state index in [4.69, 9.17) is 28.9 Å². The van der Waals surface area contributed by atoms with Crippen LogP contribution in [0.15, 0.2) is 30.3 Å². The highest BCUT2D eigenvalue weighted by molar-refractivity contribution is 7.81. The van der Waals surface area contributed by atoms with Gasteiger partial charge in [-0.25, -0.2) is 0 Å². The molecule has 0 bridgehead atoms. The lowest BCUT2D eigenvalue weighted by atomic mass is 10.1. The van der Waals surface area contributed by atoms with Crippen LogP contribution in [0.2, 0.25) is 5.02 Å². The number of aromatic nitrogens is 1. The molecule has 0 aliphatic rings. The Labute approximate surface area is 134 Å². The lowest BCUT2D eigenvalue weighted by Crippen LogP contribution is -2.13. The van der Waals surface area contributed by atoms with Crippen molar-refractivity contribution in [3.63, 3.8) is 0 Å². The van der Waals surface area contributed by atoms with Gasteiger partial charge in [0.15, 0.2) is 0 Å². The summed E-state index contributed by atoms with van der Waals surface area (Å²) in [6.07, 6.45) is -0.108. The van der Waals surface area contributed by atoms with Gasteiger partial charge in [0, 0.05) is 12.2 Å². The lowest BCUT2D eigenvalue weighted by molar-refractivity contribution is -0.136. The Bertz CT molecular complexity index is 689. The van der Waals surface area contributed by atoms with E-state index in [2.05, 4.69) is 0 Å². The molecule has 110 valence electrons. The van der Waals surface area contributed by atoms with Gasteiger partial charge in [0.05, 0.1) is 22.0 Å². The van der Waals surface area contributed by atoms with Gasteiger partial charge in [0.1, 0.15) is 0 Å². The average Bonchev–Trinajstić information content (AvgIpc) is 2.75. The highest BCUT2D eigenvalue weighted by Gasteiger charge is 2.18. The number of carboxylic acids is 1. The number of aryl methyl sites for hydroxylation is 1. The SMILES string of the molecule is CCn1c(C(=S)c2ccc(C)cc2)cc(Cl)c1CC(=O)O. The quantitative estimate of drug-likeness (QED) is 0.671. The number of aliphatic carboxylic acids is 1. The third kappa shape index (κ3) is 3.34. The molecule has 3 nitrogen and oxygen atoms in total. The summed E-state index contributed by atoms with van der Waals surface area (Å²) in [6, 6.07) is 9.69. The molecule has 0 unspecified atom stereocenters. The van der Waals surface area contributed by atoms with Crippen LogP contribution >= 0.6 is 23.8 Å². The standard InChI is InChI=1S/C16H16ClNO2S/c1-3-18-13(9-15(19)20)12(17)8-14(18)16(21)11-6-4-10(2)5-7-11/h4-8H,3,9H2,1-2H3,(H,19,20). The van der Waals surface area contributed by atoms with Crippen LogP contribution in [0, 0.1) is 6.92 Å². The number of benzene rings is 1. The minimum absolute atomic E-state index is 0.108. The molecule has 2 rings (SSSR count). The average molecular weight is 322 g/mol. The van der Waals surface area contributed by atoms with Crippen LogP contribution in [0.1, 0.15) is 29.4 Å². The van der Waals surface area contributed by atoms with E-state index in [0.29, 0.717) is 22.1 Å². The first-order valence-electron chi connectivity index (χ1n) is 6.65. The molecule has 21 heavy (non-hydrogen) atoms. The Morgan fingerprint density at radius 1 is 1.33 bits per heavy atom. The minimum Gasteiger partial charge on any atom is -0.481 e. The molecule has 2 aromatic rings. The molecule has 0 radical (unpaired) electrons. The first-order valence-corrected chi connectivity index (χ1v) is 7.43. The second-order valence-corrected chi connectivity index (χ2v) is 5.65. The van der Waals surface area contributed by atoms with E-state index in [1.165, 1.54) is 0 Å². The van der Waals surface area contributed by atoms with Crippen molar-refractivity contribution in [1.82, 2.24) is 4.57 Å². The monoisotopic (exact) mass is 321 g/mol. The molecule has 0 fully saturated rings. The first-order chi connectivity index (χ1) is 9.93. The fourth-order valence-corrected chi connectivity index (χ4v) is 2.86. The molecule has 0 saturated carbocycles. The molecule has 1 aromatic carbocycles. The maximum Gasteiger partial charge on any atom is 0.309 e. The molecule has 0 saturated heterocycles. The van der Waals surface area contributed by atoms with Gasteiger partial charge in [-0.2, -0.15) is 0 Å². The summed E-state index contributed by atoms with van der Waals surface area (Å²) in [7, 11) is 0. The number of thiocarbonyl (C=S) groups is 1. The number of halogens is 1. The van der Waals surface area contributed by atoms with Crippen LogP contribution in [-0.2, 0) is 17.8 Å². The smallest absolute Gasteiger partial charge is 0.309 e. The topological polar surface area (TPSA) is 42.2 Å². The van der Waals surface area contributed by atoms with Gasteiger partial charge < -0.3 is 9.67 Å². The predicted molar refractivity (Wildman–Crippen MR) is 88.4 cm³/mol. The van der Waals surface area contributed by atoms with Crippen molar-refractivity contribution >= 4 is 34.7 Å². The molecule has 5 heteroatoms. The van der Waals surface area contributed by atoms with Gasteiger partial charge in [0.25, 0.3) is 0 Å². The van der Waals surface area contributed by atoms with E-state index in [1.54, 1.807) is 6.07 Å². The summed E-state index contributed by atoms with van der Waals surface area (Å²) < 4.78 is 1.87. The molecule has 1 N–H and O–H groups in total. The third-order valence-corrected chi connectivity index (χ3v) is 4.11. The van der Waals surface area contributed by atoms with Crippen molar-refractivity contribution in [3.8, 4) is 0 Å². The van der Waals surface area contributed by atoms with Gasteiger partial charge in [-0.15, -0.1) is 0 Å². The van der Waals surface area contributed by atoms with Crippen LogP contribution < -0.4 is 0 Å². The Hall–Kier alpha value is -1.65. The molecule has 0 spiro atoms. The molecular weight excluding hydrogens is 306 g/mol. The van der Waals surface area contributed by atoms with Gasteiger partial charge in [-0.3, -0.25) is 4.79 Å². The number of carboxylic acid groups (broad SMARTS) is 1. The van der Waals surface area contributed by atoms with E-state index in [-0.39, 0.29) is 6.42 Å². The number of rotatable bonds is 5. The minimum atomic E-state index is -0.905. The summed E-state index contributed by atoms with van der Waals surface area (Å²) in [5.41, 5.74) is 3.48. The van der Waals surface area contributed by atoms with Crippen molar-refractivity contribution in [2.24, 2.45) is 0 Å². The van der Waals surface area contributed by atoms with Gasteiger partial charge in [-0.05, 0) is 25.5 Å². The van der Waals surface area contributed by atoms with E-state index in [1.807, 2.05) is 42.7 Å². The summed E-state index contributed by atoms with van der Waals surface area (Å²) in [4.78, 5) is 11.6. The molecule has 1 heterocycles. The number of hydrogen-bond donors (Lipinski definition) is 1. The van der Waals surface area contributed by atoms with Gasteiger partial charge in [0.2, 0.25) is 0 Å². The van der Waals surface area contributed by atoms with E-state index in [9.17, 15) is 4.79 Å². The Balaban J connectivity index is 2.46. The van der Waals surface area contributed by atoms with Crippen LogP contribution in [-0.4, -0.2) is 20.5 Å². The molecule has 0 aliphatic carbocycles. The Kier molecular flexibility index (Phi) is 4.80. The van der Waals surface area contributed by atoms with Crippen molar-refractivity contribution in [1.29, 1.82) is 0 Å². The zero-order valence-corrected chi connectivity index (χ0v) is 13.5. The molecule has 1 aromatic heterocycles. The fraction of sp³-hybridized carbons (Fsp3) is 0.250. The summed E-state index contributed by atoms with van der Waals surface area (Å²) >= 11 is 11.7. The number of nitrogens with zero attached hydrogens (tertiary/aromatic N) is 1. The lowest BCUT2D eigenvalue weighted by Gasteiger charge is -2.11. The summed E-state index contributed by atoms with van der Waals surface area (Å²) in [6.45, 7) is 4.59. The molecule has 0 atom stereocenters. The second-order valence-electron chi connectivity index (χ2n) is 4.83. The zero-order chi connectivity index (χ0) is 15.6. The van der Waals surface area contributed by atoms with Crippen LogP contribution in [0.25, 0.3) is 0 Å². The third-order valence-electron chi connectivity index (χ3n) is 3.34. The first kappa shape index (κ1) is 15.7. The summed E-state index contributed by atoms with van der Waals surface area (Å²) in [5, 5.41) is 9.45. The van der Waals surface area contributed by atoms with Crippen molar-refractivity contribution in [2.75, 3.05) is 0 Å². The van der Waals surface area contributed by atoms with Gasteiger partial charge in [-0.1, -0.05) is 53.6 Å². The molecular formula is C16H16ClNO2S. The number of carbonyl (C=O) groups is 1. The van der Waals surface area contributed by atoms with Crippen LogP contribution in [0.5, 0.6) is 0 Å². The van der Waals surface area contributed by atoms with Crippen LogP contribution in [0.4, 0.5) is 0 Å². The molecule has 0 amide bonds. The molecule has 0 aliphatic heterocycles. The van der Waals surface area contributed by atoms with E-state index >= 15 is 0 Å². The normalized spacial score (nSPS) is 10.6. The van der Waals surface area contributed by atoms with Crippen molar-refractivity contribution < 1.29 is 9.90 Å². The Morgan fingerprint density at radius 3 is 2.48 bits per heavy atom.